The lowest BCUT2D eigenvalue weighted by Gasteiger charge is -2.08. The van der Waals surface area contributed by atoms with Crippen molar-refractivity contribution in [3.8, 4) is 0 Å². The molecule has 82 valence electrons. The smallest absolute Gasteiger partial charge is 0.130 e. The molecule has 0 atom stereocenters. The van der Waals surface area contributed by atoms with E-state index in [1.54, 1.807) is 0 Å². The van der Waals surface area contributed by atoms with Crippen LogP contribution in [0.1, 0.15) is 11.3 Å². The summed E-state index contributed by atoms with van der Waals surface area (Å²) in [6, 6.07) is 11.9. The third-order valence-electron chi connectivity index (χ3n) is 2.42. The number of benzene rings is 1. The van der Waals surface area contributed by atoms with E-state index in [1.807, 2.05) is 31.2 Å². The minimum absolute atomic E-state index is 0.717. The number of pyridine rings is 1. The minimum atomic E-state index is 0.717. The topological polar surface area (TPSA) is 50.9 Å². The van der Waals surface area contributed by atoms with Crippen LogP contribution in [0.15, 0.2) is 36.4 Å². The lowest BCUT2D eigenvalue weighted by atomic mass is 10.2. The average molecular weight is 213 g/mol. The number of nitrogens with one attached hydrogen (secondary N) is 1. The molecule has 0 radical (unpaired) electrons. The second kappa shape index (κ2) is 4.23. The summed E-state index contributed by atoms with van der Waals surface area (Å²) in [7, 11) is 0. The summed E-state index contributed by atoms with van der Waals surface area (Å²) >= 11 is 0. The zero-order valence-corrected chi connectivity index (χ0v) is 9.49. The maximum atomic E-state index is 5.72. The zero-order valence-electron chi connectivity index (χ0n) is 9.49. The molecule has 1 aromatic heterocycles. The Labute approximate surface area is 95.3 Å². The number of anilines is 3. The number of aryl methyl sites for hydroxylation is 2. The molecule has 3 heteroatoms. The summed E-state index contributed by atoms with van der Waals surface area (Å²) in [4.78, 5) is 4.36. The maximum Gasteiger partial charge on any atom is 0.130 e. The van der Waals surface area contributed by atoms with E-state index in [2.05, 4.69) is 29.4 Å². The van der Waals surface area contributed by atoms with E-state index in [9.17, 15) is 0 Å². The van der Waals surface area contributed by atoms with Crippen LogP contribution >= 0.6 is 0 Å². The first-order valence-electron chi connectivity index (χ1n) is 5.22. The van der Waals surface area contributed by atoms with E-state index in [0.717, 1.165) is 22.9 Å². The quantitative estimate of drug-likeness (QED) is 0.806. The highest BCUT2D eigenvalue weighted by Crippen LogP contribution is 2.18. The van der Waals surface area contributed by atoms with Crippen molar-refractivity contribution in [1.29, 1.82) is 0 Å². The minimum Gasteiger partial charge on any atom is -0.397 e. The summed E-state index contributed by atoms with van der Waals surface area (Å²) in [5, 5.41) is 3.25. The van der Waals surface area contributed by atoms with Gasteiger partial charge in [-0.25, -0.2) is 4.98 Å². The van der Waals surface area contributed by atoms with Crippen LogP contribution in [0.2, 0.25) is 0 Å². The molecule has 0 aliphatic rings. The lowest BCUT2D eigenvalue weighted by molar-refractivity contribution is 1.20. The molecule has 0 spiro atoms. The third-order valence-corrected chi connectivity index (χ3v) is 2.42. The summed E-state index contributed by atoms with van der Waals surface area (Å²) in [5.74, 6) is 0.817. The van der Waals surface area contributed by atoms with Gasteiger partial charge in [-0.1, -0.05) is 12.1 Å². The third kappa shape index (κ3) is 2.31. The summed E-state index contributed by atoms with van der Waals surface area (Å²) in [5.41, 5.74) is 9.54. The van der Waals surface area contributed by atoms with Crippen molar-refractivity contribution in [3.05, 3.63) is 47.7 Å². The van der Waals surface area contributed by atoms with Crippen molar-refractivity contribution in [2.75, 3.05) is 11.1 Å². The van der Waals surface area contributed by atoms with E-state index in [1.165, 1.54) is 5.56 Å². The number of rotatable bonds is 2. The van der Waals surface area contributed by atoms with E-state index in [-0.39, 0.29) is 0 Å². The van der Waals surface area contributed by atoms with Gasteiger partial charge in [-0.3, -0.25) is 0 Å². The Bertz CT molecular complexity index is 506. The average Bonchev–Trinajstić information content (AvgIpc) is 2.24. The van der Waals surface area contributed by atoms with Crippen molar-refractivity contribution in [2.24, 2.45) is 0 Å². The van der Waals surface area contributed by atoms with Crippen molar-refractivity contribution >= 4 is 17.2 Å². The van der Waals surface area contributed by atoms with Gasteiger partial charge in [0.15, 0.2) is 0 Å². The van der Waals surface area contributed by atoms with E-state index in [4.69, 9.17) is 5.73 Å². The summed E-state index contributed by atoms with van der Waals surface area (Å²) in [6.45, 7) is 3.96. The van der Waals surface area contributed by atoms with Gasteiger partial charge in [0.2, 0.25) is 0 Å². The Hall–Kier alpha value is -2.03. The molecular formula is C13H15N3. The van der Waals surface area contributed by atoms with Crippen LogP contribution in [0.25, 0.3) is 0 Å². The Balaban J connectivity index is 2.24. The largest absolute Gasteiger partial charge is 0.397 e. The van der Waals surface area contributed by atoms with Crippen LogP contribution in [-0.2, 0) is 0 Å². The molecule has 0 aliphatic heterocycles. The van der Waals surface area contributed by atoms with E-state index in [0.29, 0.717) is 0 Å². The van der Waals surface area contributed by atoms with Crippen molar-refractivity contribution in [2.45, 2.75) is 13.8 Å². The molecule has 0 amide bonds. The van der Waals surface area contributed by atoms with Crippen molar-refractivity contribution in [3.63, 3.8) is 0 Å². The second-order valence-corrected chi connectivity index (χ2v) is 3.87. The molecular weight excluding hydrogens is 198 g/mol. The van der Waals surface area contributed by atoms with Crippen LogP contribution in [0.4, 0.5) is 17.2 Å². The molecule has 1 heterocycles. The number of nitrogen functional groups attached to an aromatic ring is 1. The van der Waals surface area contributed by atoms with Gasteiger partial charge in [0.05, 0.1) is 11.4 Å². The highest BCUT2D eigenvalue weighted by Gasteiger charge is 1.99. The Morgan fingerprint density at radius 3 is 2.62 bits per heavy atom. The second-order valence-electron chi connectivity index (χ2n) is 3.87. The van der Waals surface area contributed by atoms with Gasteiger partial charge in [-0.05, 0) is 43.7 Å². The van der Waals surface area contributed by atoms with Gasteiger partial charge in [0.1, 0.15) is 5.82 Å². The number of aromatic nitrogens is 1. The first kappa shape index (κ1) is 10.5. The van der Waals surface area contributed by atoms with Crippen molar-refractivity contribution in [1.82, 2.24) is 4.98 Å². The van der Waals surface area contributed by atoms with Gasteiger partial charge in [-0.15, -0.1) is 0 Å². The highest BCUT2D eigenvalue weighted by atomic mass is 15.0. The molecule has 0 saturated carbocycles. The summed E-state index contributed by atoms with van der Waals surface area (Å²) < 4.78 is 0. The fourth-order valence-electron chi connectivity index (χ4n) is 1.51. The molecule has 0 fully saturated rings. The van der Waals surface area contributed by atoms with Crippen LogP contribution in [-0.4, -0.2) is 4.98 Å². The molecule has 0 bridgehead atoms. The van der Waals surface area contributed by atoms with Gasteiger partial charge < -0.3 is 11.1 Å². The van der Waals surface area contributed by atoms with Crippen molar-refractivity contribution < 1.29 is 0 Å². The van der Waals surface area contributed by atoms with E-state index < -0.39 is 0 Å². The monoisotopic (exact) mass is 213 g/mol. The molecule has 1 aromatic carbocycles. The molecule has 0 saturated heterocycles. The Morgan fingerprint density at radius 1 is 1.12 bits per heavy atom. The lowest BCUT2D eigenvalue weighted by Crippen LogP contribution is -1.98. The fourth-order valence-corrected chi connectivity index (χ4v) is 1.51. The number of nitrogens with two attached hydrogens (primary N) is 1. The number of nitrogens with zero attached hydrogens (tertiary/aromatic N) is 1. The summed E-state index contributed by atoms with van der Waals surface area (Å²) in [6.07, 6.45) is 0. The van der Waals surface area contributed by atoms with Gasteiger partial charge in [0.25, 0.3) is 0 Å². The SMILES string of the molecule is Cc1cccc(Nc2ccc(N)c(C)n2)c1. The molecule has 2 rings (SSSR count). The molecule has 0 unspecified atom stereocenters. The first-order valence-corrected chi connectivity index (χ1v) is 5.22. The Kier molecular flexibility index (Phi) is 2.77. The normalized spacial score (nSPS) is 10.1. The Morgan fingerprint density at radius 2 is 1.94 bits per heavy atom. The molecule has 3 N–H and O–H groups in total. The highest BCUT2D eigenvalue weighted by molar-refractivity contribution is 5.59. The predicted molar refractivity (Wildman–Crippen MR) is 67.8 cm³/mol. The predicted octanol–water partition coefficient (Wildman–Crippen LogP) is 3.02. The number of hydrogen-bond donors (Lipinski definition) is 2. The molecule has 16 heavy (non-hydrogen) atoms. The molecule has 3 nitrogen and oxygen atoms in total. The van der Waals surface area contributed by atoms with Gasteiger partial charge >= 0.3 is 0 Å². The van der Waals surface area contributed by atoms with Crippen LogP contribution < -0.4 is 11.1 Å². The van der Waals surface area contributed by atoms with Gasteiger partial charge in [-0.2, -0.15) is 0 Å². The standard InChI is InChI=1S/C13H15N3/c1-9-4-3-5-11(8-9)16-13-7-6-12(14)10(2)15-13/h3-8H,14H2,1-2H3,(H,15,16). The van der Waals surface area contributed by atoms with E-state index >= 15 is 0 Å². The fraction of sp³-hybridized carbons (Fsp3) is 0.154. The molecule has 0 aliphatic carbocycles. The van der Waals surface area contributed by atoms with Crippen LogP contribution in [0, 0.1) is 13.8 Å². The van der Waals surface area contributed by atoms with Gasteiger partial charge in [0, 0.05) is 5.69 Å². The molecule has 2 aromatic rings. The van der Waals surface area contributed by atoms with Crippen LogP contribution in [0.5, 0.6) is 0 Å². The zero-order chi connectivity index (χ0) is 11.5. The number of hydrogen-bond acceptors (Lipinski definition) is 3. The van der Waals surface area contributed by atoms with Crippen LogP contribution in [0.3, 0.4) is 0 Å². The maximum absolute atomic E-state index is 5.72. The first-order chi connectivity index (χ1) is 7.65.